The average Bonchev–Trinajstić information content (AvgIpc) is 2.82. The van der Waals surface area contributed by atoms with Gasteiger partial charge in [0.15, 0.2) is 0 Å². The number of nitrogens with zero attached hydrogens (tertiary/aromatic N) is 1. The Morgan fingerprint density at radius 3 is 2.21 bits per heavy atom. The van der Waals surface area contributed by atoms with E-state index in [1.54, 1.807) is 0 Å². The van der Waals surface area contributed by atoms with Gasteiger partial charge in [-0.1, -0.05) is 6.92 Å². The van der Waals surface area contributed by atoms with Crippen LogP contribution in [0.2, 0.25) is 0 Å². The molecule has 0 spiro atoms. The maximum absolute atomic E-state index is 12.1. The highest BCUT2D eigenvalue weighted by Gasteiger charge is 2.47. The first-order valence-electron chi connectivity index (χ1n) is 5.57. The Morgan fingerprint density at radius 2 is 1.79 bits per heavy atom. The minimum absolute atomic E-state index is 0.00319. The molecule has 1 heterocycles. The molecule has 1 saturated heterocycles. The molecule has 14 heavy (non-hydrogen) atoms. The Kier molecular flexibility index (Phi) is 2.30. The minimum Gasteiger partial charge on any atom is -0.339 e. The first-order valence-corrected chi connectivity index (χ1v) is 5.57. The molecule has 0 aromatic rings. The van der Waals surface area contributed by atoms with E-state index in [0.717, 1.165) is 25.9 Å². The Labute approximate surface area is 85.8 Å². The molecule has 1 amide bonds. The maximum Gasteiger partial charge on any atom is 0.228 e. The molecule has 1 saturated carbocycles. The monoisotopic (exact) mass is 196 g/mol. The summed E-state index contributed by atoms with van der Waals surface area (Å²) < 4.78 is 0. The van der Waals surface area contributed by atoms with Gasteiger partial charge in [-0.25, -0.2) is 0 Å². The second kappa shape index (κ2) is 3.23. The molecule has 2 atom stereocenters. The van der Waals surface area contributed by atoms with Gasteiger partial charge in [-0.15, -0.1) is 0 Å². The van der Waals surface area contributed by atoms with E-state index < -0.39 is 0 Å². The first-order chi connectivity index (χ1) is 6.51. The lowest BCUT2D eigenvalue weighted by molar-refractivity contribution is -0.138. The molecule has 1 aliphatic carbocycles. The fourth-order valence-corrected chi connectivity index (χ4v) is 2.28. The van der Waals surface area contributed by atoms with Crippen LogP contribution in [-0.2, 0) is 4.79 Å². The molecule has 0 aromatic carbocycles. The van der Waals surface area contributed by atoms with Crippen molar-refractivity contribution in [1.82, 2.24) is 10.2 Å². The molecule has 2 aliphatic rings. The van der Waals surface area contributed by atoms with Crippen LogP contribution >= 0.6 is 0 Å². The van der Waals surface area contributed by atoms with E-state index in [4.69, 9.17) is 0 Å². The summed E-state index contributed by atoms with van der Waals surface area (Å²) >= 11 is 0. The highest BCUT2D eigenvalue weighted by Crippen LogP contribution is 2.46. The SMILES string of the molecule is CC1CN(C(=O)C2(C)CC2)CC(C)N1. The quantitative estimate of drug-likeness (QED) is 0.678. The number of hydrogen-bond donors (Lipinski definition) is 1. The fourth-order valence-electron chi connectivity index (χ4n) is 2.28. The lowest BCUT2D eigenvalue weighted by atomic mass is 10.1. The molecule has 80 valence electrons. The zero-order valence-corrected chi connectivity index (χ0v) is 9.34. The van der Waals surface area contributed by atoms with Crippen molar-refractivity contribution < 1.29 is 4.79 Å². The normalized spacial score (nSPS) is 35.5. The summed E-state index contributed by atoms with van der Waals surface area (Å²) in [7, 11) is 0. The molecule has 0 radical (unpaired) electrons. The highest BCUT2D eigenvalue weighted by molar-refractivity contribution is 5.85. The molecular formula is C11H20N2O. The molecule has 3 nitrogen and oxygen atoms in total. The van der Waals surface area contributed by atoms with Gasteiger partial charge < -0.3 is 10.2 Å². The van der Waals surface area contributed by atoms with Crippen LogP contribution in [0.25, 0.3) is 0 Å². The largest absolute Gasteiger partial charge is 0.339 e. The van der Waals surface area contributed by atoms with Gasteiger partial charge in [-0.2, -0.15) is 0 Å². The second-order valence-corrected chi connectivity index (χ2v) is 5.24. The van der Waals surface area contributed by atoms with Crippen LogP contribution in [0, 0.1) is 5.41 Å². The Balaban J connectivity index is 2.00. The third-order valence-electron chi connectivity index (χ3n) is 3.36. The van der Waals surface area contributed by atoms with Gasteiger partial charge >= 0.3 is 0 Å². The van der Waals surface area contributed by atoms with E-state index in [9.17, 15) is 4.79 Å². The average molecular weight is 196 g/mol. The van der Waals surface area contributed by atoms with Crippen molar-refractivity contribution in [3.63, 3.8) is 0 Å². The van der Waals surface area contributed by atoms with E-state index >= 15 is 0 Å². The fraction of sp³-hybridized carbons (Fsp3) is 0.909. The number of piperazine rings is 1. The predicted molar refractivity (Wildman–Crippen MR) is 56.0 cm³/mol. The Morgan fingerprint density at radius 1 is 1.29 bits per heavy atom. The zero-order valence-electron chi connectivity index (χ0n) is 9.34. The maximum atomic E-state index is 12.1. The van der Waals surface area contributed by atoms with Crippen LogP contribution < -0.4 is 5.32 Å². The molecule has 1 aliphatic heterocycles. The van der Waals surface area contributed by atoms with Crippen molar-refractivity contribution in [1.29, 1.82) is 0 Å². The Hall–Kier alpha value is -0.570. The summed E-state index contributed by atoms with van der Waals surface area (Å²) in [4.78, 5) is 14.1. The standard InChI is InChI=1S/C11H20N2O/c1-8-6-13(7-9(2)12-8)10(14)11(3)4-5-11/h8-9,12H,4-7H2,1-3H3. The summed E-state index contributed by atoms with van der Waals surface area (Å²) in [5.41, 5.74) is -0.00319. The van der Waals surface area contributed by atoms with Gasteiger partial charge in [-0.3, -0.25) is 4.79 Å². The molecule has 2 fully saturated rings. The third kappa shape index (κ3) is 1.78. The van der Waals surface area contributed by atoms with Crippen molar-refractivity contribution in [3.05, 3.63) is 0 Å². The van der Waals surface area contributed by atoms with E-state index in [2.05, 4.69) is 26.1 Å². The van der Waals surface area contributed by atoms with E-state index in [-0.39, 0.29) is 5.41 Å². The Bertz CT molecular complexity index is 238. The van der Waals surface area contributed by atoms with Crippen LogP contribution in [0.15, 0.2) is 0 Å². The number of hydrogen-bond acceptors (Lipinski definition) is 2. The van der Waals surface area contributed by atoms with E-state index in [0.29, 0.717) is 18.0 Å². The molecule has 0 bridgehead atoms. The van der Waals surface area contributed by atoms with E-state index in [1.165, 1.54) is 0 Å². The van der Waals surface area contributed by atoms with Gasteiger partial charge in [-0.05, 0) is 26.7 Å². The molecule has 0 aromatic heterocycles. The molecule has 3 heteroatoms. The van der Waals surface area contributed by atoms with Crippen LogP contribution in [0.1, 0.15) is 33.6 Å². The van der Waals surface area contributed by atoms with Gasteiger partial charge in [0.1, 0.15) is 0 Å². The van der Waals surface area contributed by atoms with Crippen molar-refractivity contribution in [2.75, 3.05) is 13.1 Å². The lowest BCUT2D eigenvalue weighted by Gasteiger charge is -2.37. The molecule has 2 unspecified atom stereocenters. The molecule has 2 rings (SSSR count). The molecule has 1 N–H and O–H groups in total. The van der Waals surface area contributed by atoms with Gasteiger partial charge in [0.25, 0.3) is 0 Å². The van der Waals surface area contributed by atoms with E-state index in [1.807, 2.05) is 4.90 Å². The third-order valence-corrected chi connectivity index (χ3v) is 3.36. The zero-order chi connectivity index (χ0) is 10.3. The number of carbonyl (C=O) groups is 1. The lowest BCUT2D eigenvalue weighted by Crippen LogP contribution is -2.57. The number of nitrogens with one attached hydrogen (secondary N) is 1. The summed E-state index contributed by atoms with van der Waals surface area (Å²) in [6, 6.07) is 0.870. The summed E-state index contributed by atoms with van der Waals surface area (Å²) in [6.07, 6.45) is 2.16. The van der Waals surface area contributed by atoms with Crippen LogP contribution in [-0.4, -0.2) is 36.0 Å². The minimum atomic E-state index is -0.00319. The topological polar surface area (TPSA) is 32.3 Å². The van der Waals surface area contributed by atoms with Gasteiger partial charge in [0.05, 0.1) is 0 Å². The van der Waals surface area contributed by atoms with Crippen molar-refractivity contribution in [2.45, 2.75) is 45.7 Å². The van der Waals surface area contributed by atoms with Crippen molar-refractivity contribution in [2.24, 2.45) is 5.41 Å². The summed E-state index contributed by atoms with van der Waals surface area (Å²) in [5, 5.41) is 3.44. The predicted octanol–water partition coefficient (Wildman–Crippen LogP) is 0.995. The number of carbonyl (C=O) groups excluding carboxylic acids is 1. The van der Waals surface area contributed by atoms with Crippen molar-refractivity contribution in [3.8, 4) is 0 Å². The van der Waals surface area contributed by atoms with Crippen molar-refractivity contribution >= 4 is 5.91 Å². The van der Waals surface area contributed by atoms with Crippen LogP contribution in [0.4, 0.5) is 0 Å². The smallest absolute Gasteiger partial charge is 0.228 e. The van der Waals surface area contributed by atoms with Gasteiger partial charge in [0.2, 0.25) is 5.91 Å². The van der Waals surface area contributed by atoms with Crippen LogP contribution in [0.3, 0.4) is 0 Å². The first kappa shape index (κ1) is 9.97. The van der Waals surface area contributed by atoms with Gasteiger partial charge in [0, 0.05) is 30.6 Å². The summed E-state index contributed by atoms with van der Waals surface area (Å²) in [5.74, 6) is 0.373. The number of amides is 1. The second-order valence-electron chi connectivity index (χ2n) is 5.24. The number of rotatable bonds is 1. The molecular weight excluding hydrogens is 176 g/mol. The van der Waals surface area contributed by atoms with Crippen LogP contribution in [0.5, 0.6) is 0 Å². The highest BCUT2D eigenvalue weighted by atomic mass is 16.2. The summed E-state index contributed by atoms with van der Waals surface area (Å²) in [6.45, 7) is 8.13.